The quantitative estimate of drug-likeness (QED) is 0.775. The van der Waals surface area contributed by atoms with E-state index in [0.29, 0.717) is 6.42 Å². The van der Waals surface area contributed by atoms with Crippen LogP contribution in [0.5, 0.6) is 0 Å². The topological polar surface area (TPSA) is 71.5 Å². The second-order valence-electron chi connectivity index (χ2n) is 4.32. The van der Waals surface area contributed by atoms with Crippen molar-refractivity contribution >= 4 is 42.8 Å². The number of rotatable bonds is 3. The number of nitrogens with zero attached hydrogens (tertiary/aromatic N) is 1. The minimum absolute atomic E-state index is 0.0266. The van der Waals surface area contributed by atoms with E-state index in [1.165, 1.54) is 4.31 Å². The maximum absolute atomic E-state index is 12.4. The Bertz CT molecular complexity index is 650. The molecule has 0 atom stereocenters. The SMILES string of the molecule is O=S1(=O)CCCN(S(=O)(=O)c2cc(CCl)cs2)CC1. The van der Waals surface area contributed by atoms with Crippen LogP contribution in [0, 0.1) is 0 Å². The highest BCUT2D eigenvalue weighted by atomic mass is 35.5. The van der Waals surface area contributed by atoms with Gasteiger partial charge < -0.3 is 0 Å². The van der Waals surface area contributed by atoms with Gasteiger partial charge in [0.25, 0.3) is 10.0 Å². The third-order valence-electron chi connectivity index (χ3n) is 2.89. The summed E-state index contributed by atoms with van der Waals surface area (Å²) in [6.45, 7) is 0.272. The average Bonchev–Trinajstić information content (AvgIpc) is 2.75. The van der Waals surface area contributed by atoms with Crippen molar-refractivity contribution in [2.24, 2.45) is 0 Å². The van der Waals surface area contributed by atoms with Crippen LogP contribution in [0.4, 0.5) is 0 Å². The fourth-order valence-electron chi connectivity index (χ4n) is 1.84. The highest BCUT2D eigenvalue weighted by Gasteiger charge is 2.29. The summed E-state index contributed by atoms with van der Waals surface area (Å²) in [6, 6.07) is 1.55. The number of halogens is 1. The third-order valence-corrected chi connectivity index (χ3v) is 8.28. The summed E-state index contributed by atoms with van der Waals surface area (Å²) in [5, 5.41) is 1.70. The second kappa shape index (κ2) is 5.69. The standard InChI is InChI=1S/C10H14ClNO4S3/c11-7-9-6-10(17-8-9)19(15,16)12-2-1-4-18(13,14)5-3-12/h6,8H,1-5,7H2. The summed E-state index contributed by atoms with van der Waals surface area (Å²) in [5.41, 5.74) is 0.757. The molecule has 19 heavy (non-hydrogen) atoms. The predicted octanol–water partition coefficient (Wildman–Crippen LogP) is 1.30. The second-order valence-corrected chi connectivity index (χ2v) is 9.96. The molecular formula is C10H14ClNO4S3. The normalized spacial score (nSPS) is 21.1. The lowest BCUT2D eigenvalue weighted by Crippen LogP contribution is -2.33. The van der Waals surface area contributed by atoms with Crippen LogP contribution in [0.25, 0.3) is 0 Å². The molecule has 1 aliphatic rings. The zero-order valence-electron chi connectivity index (χ0n) is 10.1. The van der Waals surface area contributed by atoms with Gasteiger partial charge in [-0.25, -0.2) is 16.8 Å². The molecule has 0 spiro atoms. The van der Waals surface area contributed by atoms with Gasteiger partial charge in [-0.2, -0.15) is 4.31 Å². The van der Waals surface area contributed by atoms with Gasteiger partial charge in [0.15, 0.2) is 9.84 Å². The monoisotopic (exact) mass is 343 g/mol. The maximum Gasteiger partial charge on any atom is 0.252 e. The molecule has 0 saturated carbocycles. The van der Waals surface area contributed by atoms with Gasteiger partial charge in [-0.3, -0.25) is 0 Å². The highest BCUT2D eigenvalue weighted by Crippen LogP contribution is 2.25. The first kappa shape index (κ1) is 15.2. The van der Waals surface area contributed by atoms with Crippen molar-refractivity contribution in [3.05, 3.63) is 17.0 Å². The minimum Gasteiger partial charge on any atom is -0.229 e. The van der Waals surface area contributed by atoms with Crippen LogP contribution in [0.1, 0.15) is 12.0 Å². The van der Waals surface area contributed by atoms with E-state index in [1.807, 2.05) is 0 Å². The van der Waals surface area contributed by atoms with Crippen LogP contribution in [0.15, 0.2) is 15.7 Å². The molecule has 108 valence electrons. The summed E-state index contributed by atoms with van der Waals surface area (Å²) >= 11 is 6.78. The first-order valence-corrected chi connectivity index (χ1v) is 10.4. The molecule has 0 radical (unpaired) electrons. The van der Waals surface area contributed by atoms with E-state index in [1.54, 1.807) is 11.4 Å². The van der Waals surface area contributed by atoms with Gasteiger partial charge in [0, 0.05) is 19.0 Å². The molecule has 0 amide bonds. The summed E-state index contributed by atoms with van der Waals surface area (Å²) < 4.78 is 49.2. The average molecular weight is 344 g/mol. The van der Waals surface area contributed by atoms with Crippen LogP contribution in [-0.2, 0) is 25.7 Å². The molecule has 1 saturated heterocycles. The highest BCUT2D eigenvalue weighted by molar-refractivity contribution is 7.92. The van der Waals surface area contributed by atoms with Gasteiger partial charge >= 0.3 is 0 Å². The Morgan fingerprint density at radius 2 is 2.05 bits per heavy atom. The molecule has 0 unspecified atom stereocenters. The number of hydrogen-bond acceptors (Lipinski definition) is 5. The molecule has 1 fully saturated rings. The molecule has 0 aromatic carbocycles. The maximum atomic E-state index is 12.4. The number of thiophene rings is 1. The number of sulfone groups is 1. The van der Waals surface area contributed by atoms with Crippen molar-refractivity contribution in [2.45, 2.75) is 16.5 Å². The van der Waals surface area contributed by atoms with Crippen LogP contribution < -0.4 is 0 Å². The van der Waals surface area contributed by atoms with Gasteiger partial charge in [0.2, 0.25) is 0 Å². The summed E-state index contributed by atoms with van der Waals surface area (Å²) in [7, 11) is -6.71. The van der Waals surface area contributed by atoms with Crippen molar-refractivity contribution in [3.8, 4) is 0 Å². The molecule has 2 heterocycles. The number of hydrogen-bond donors (Lipinski definition) is 0. The van der Waals surface area contributed by atoms with Gasteiger partial charge in [-0.1, -0.05) is 0 Å². The lowest BCUT2D eigenvalue weighted by atomic mass is 10.4. The Morgan fingerprint density at radius 3 is 2.68 bits per heavy atom. The van der Waals surface area contributed by atoms with Gasteiger partial charge in [-0.05, 0) is 23.4 Å². The molecule has 1 aromatic rings. The first-order valence-electron chi connectivity index (χ1n) is 5.69. The van der Waals surface area contributed by atoms with Gasteiger partial charge in [-0.15, -0.1) is 22.9 Å². The molecule has 0 N–H and O–H groups in total. The Hall–Kier alpha value is -0.150. The van der Waals surface area contributed by atoms with E-state index in [9.17, 15) is 16.8 Å². The van der Waals surface area contributed by atoms with Crippen molar-refractivity contribution in [2.75, 3.05) is 24.6 Å². The van der Waals surface area contributed by atoms with Crippen LogP contribution >= 0.6 is 22.9 Å². The van der Waals surface area contributed by atoms with E-state index in [4.69, 9.17) is 11.6 Å². The van der Waals surface area contributed by atoms with Crippen LogP contribution in [-0.4, -0.2) is 45.7 Å². The Morgan fingerprint density at radius 1 is 1.32 bits per heavy atom. The van der Waals surface area contributed by atoms with E-state index < -0.39 is 19.9 Å². The lowest BCUT2D eigenvalue weighted by Gasteiger charge is -2.17. The van der Waals surface area contributed by atoms with Crippen LogP contribution in [0.3, 0.4) is 0 Å². The van der Waals surface area contributed by atoms with Crippen LogP contribution in [0.2, 0.25) is 0 Å². The molecular weight excluding hydrogens is 330 g/mol. The molecule has 1 aliphatic heterocycles. The number of sulfonamides is 1. The molecule has 5 nitrogen and oxygen atoms in total. The van der Waals surface area contributed by atoms with Gasteiger partial charge in [0.05, 0.1) is 11.5 Å². The van der Waals surface area contributed by atoms with Crippen molar-refractivity contribution in [1.29, 1.82) is 0 Å². The Labute approximate surface area is 122 Å². The zero-order valence-corrected chi connectivity index (χ0v) is 13.3. The molecule has 0 bridgehead atoms. The minimum atomic E-state index is -3.60. The fraction of sp³-hybridized carbons (Fsp3) is 0.600. The lowest BCUT2D eigenvalue weighted by molar-refractivity contribution is 0.436. The van der Waals surface area contributed by atoms with E-state index in [2.05, 4.69) is 0 Å². The number of alkyl halides is 1. The largest absolute Gasteiger partial charge is 0.252 e. The predicted molar refractivity (Wildman–Crippen MR) is 75.9 cm³/mol. The van der Waals surface area contributed by atoms with Crippen molar-refractivity contribution < 1.29 is 16.8 Å². The smallest absolute Gasteiger partial charge is 0.229 e. The van der Waals surface area contributed by atoms with E-state index in [0.717, 1.165) is 16.9 Å². The summed E-state index contributed by atoms with van der Waals surface area (Å²) in [6.07, 6.45) is 0.343. The summed E-state index contributed by atoms with van der Waals surface area (Å²) in [5.74, 6) is 0.205. The molecule has 1 aromatic heterocycles. The molecule has 2 rings (SSSR count). The third kappa shape index (κ3) is 3.49. The van der Waals surface area contributed by atoms with E-state index in [-0.39, 0.29) is 34.7 Å². The first-order chi connectivity index (χ1) is 8.85. The fourth-order valence-corrected chi connectivity index (χ4v) is 6.32. The van der Waals surface area contributed by atoms with Gasteiger partial charge in [0.1, 0.15) is 4.21 Å². The molecule has 9 heteroatoms. The van der Waals surface area contributed by atoms with Crippen molar-refractivity contribution in [3.63, 3.8) is 0 Å². The summed E-state index contributed by atoms with van der Waals surface area (Å²) in [4.78, 5) is 0. The Balaban J connectivity index is 2.24. The Kier molecular flexibility index (Phi) is 4.56. The molecule has 0 aliphatic carbocycles. The zero-order chi connectivity index (χ0) is 14.1. The van der Waals surface area contributed by atoms with Crippen molar-refractivity contribution in [1.82, 2.24) is 4.31 Å². The van der Waals surface area contributed by atoms with E-state index >= 15 is 0 Å².